The second-order valence-electron chi connectivity index (χ2n) is 10.8. The molecule has 2 N–H and O–H groups in total. The zero-order valence-electron chi connectivity index (χ0n) is 24.4. The Morgan fingerprint density at radius 2 is 1.67 bits per heavy atom. The molecule has 0 radical (unpaired) electrons. The molecule has 12 heteroatoms. The zero-order chi connectivity index (χ0) is 30.4. The molecule has 0 bridgehead atoms. The number of ether oxygens (including phenoxy) is 2. The van der Waals surface area contributed by atoms with Crippen molar-refractivity contribution in [3.05, 3.63) is 70.3 Å². The fourth-order valence-corrected chi connectivity index (χ4v) is 4.65. The Morgan fingerprint density at radius 1 is 0.976 bits per heavy atom. The van der Waals surface area contributed by atoms with Gasteiger partial charge in [0.15, 0.2) is 5.82 Å². The van der Waals surface area contributed by atoms with E-state index in [4.69, 9.17) is 26.1 Å². The third-order valence-electron chi connectivity index (χ3n) is 6.37. The Bertz CT molecular complexity index is 1490. The Balaban J connectivity index is 1.46. The summed E-state index contributed by atoms with van der Waals surface area (Å²) in [6.07, 6.45) is -0.000122. The van der Waals surface area contributed by atoms with Crippen LogP contribution < -0.4 is 15.4 Å². The number of benzene rings is 2. The Morgan fingerprint density at radius 3 is 2.33 bits per heavy atom. The summed E-state index contributed by atoms with van der Waals surface area (Å²) >= 11 is 6.16. The monoisotopic (exact) mass is 594 g/mol. The summed E-state index contributed by atoms with van der Waals surface area (Å²) in [4.78, 5) is 42.0. The number of amides is 2. The fraction of sp³-hybridized carbons (Fsp3) is 0.400. The minimum atomic E-state index is -0.640. The number of carbonyl (C=O) groups excluding carboxylic acids is 3. The van der Waals surface area contributed by atoms with Crippen molar-refractivity contribution in [2.45, 2.75) is 58.6 Å². The van der Waals surface area contributed by atoms with Crippen LogP contribution in [0.5, 0.6) is 5.75 Å². The van der Waals surface area contributed by atoms with Crippen LogP contribution in [0.15, 0.2) is 47.5 Å². The molecule has 4 rings (SSSR count). The number of esters is 1. The van der Waals surface area contributed by atoms with Crippen LogP contribution in [-0.4, -0.2) is 64.1 Å². The molecule has 42 heavy (non-hydrogen) atoms. The van der Waals surface area contributed by atoms with E-state index in [1.54, 1.807) is 40.0 Å². The quantitative estimate of drug-likeness (QED) is 0.268. The Hall–Kier alpha value is -4.25. The van der Waals surface area contributed by atoms with Crippen LogP contribution in [-0.2, 0) is 19.1 Å². The zero-order valence-corrected chi connectivity index (χ0v) is 25.1. The summed E-state index contributed by atoms with van der Waals surface area (Å²) in [5.41, 5.74) is 2.51. The number of carbonyl (C=O) groups is 3. The summed E-state index contributed by atoms with van der Waals surface area (Å²) in [7, 11) is 1.60. The number of fused-ring (bicyclic) bond motifs is 3. The number of rotatable bonds is 10. The molecule has 1 aliphatic heterocycles. The SMILES string of the molecule is COc1ccc2c(c1)C(c1ccc(Cl)cc1)=N[C@@H](CC(=O)NCCNC(=O)CCC(=O)OC(C)(C)C)c1nnc(C)n1-2. The molecule has 0 saturated carbocycles. The maximum absolute atomic E-state index is 13.0. The second kappa shape index (κ2) is 13.2. The predicted molar refractivity (Wildman–Crippen MR) is 158 cm³/mol. The van der Waals surface area contributed by atoms with Gasteiger partial charge in [0.25, 0.3) is 0 Å². The van der Waals surface area contributed by atoms with Crippen molar-refractivity contribution in [3.63, 3.8) is 0 Å². The molecule has 1 aromatic heterocycles. The molecule has 1 aliphatic rings. The third kappa shape index (κ3) is 7.73. The average molecular weight is 595 g/mol. The van der Waals surface area contributed by atoms with Gasteiger partial charge in [-0.2, -0.15) is 0 Å². The van der Waals surface area contributed by atoms with E-state index in [1.165, 1.54) is 0 Å². The van der Waals surface area contributed by atoms with Crippen LogP contribution >= 0.6 is 11.6 Å². The predicted octanol–water partition coefficient (Wildman–Crippen LogP) is 3.87. The molecular weight excluding hydrogens is 560 g/mol. The number of aryl methyl sites for hydroxylation is 1. The molecule has 2 heterocycles. The maximum Gasteiger partial charge on any atom is 0.306 e. The van der Waals surface area contributed by atoms with Crippen LogP contribution in [0.3, 0.4) is 0 Å². The van der Waals surface area contributed by atoms with Gasteiger partial charge in [0, 0.05) is 35.7 Å². The van der Waals surface area contributed by atoms with E-state index in [9.17, 15) is 14.4 Å². The van der Waals surface area contributed by atoms with Crippen molar-refractivity contribution in [2.75, 3.05) is 20.2 Å². The van der Waals surface area contributed by atoms with Crippen LogP contribution in [0.2, 0.25) is 5.02 Å². The van der Waals surface area contributed by atoms with Crippen LogP contribution in [0.4, 0.5) is 0 Å². The number of hydrogen-bond donors (Lipinski definition) is 2. The number of methoxy groups -OCH3 is 1. The average Bonchev–Trinajstić information content (AvgIpc) is 3.26. The first-order valence-corrected chi connectivity index (χ1v) is 14.0. The summed E-state index contributed by atoms with van der Waals surface area (Å²) in [5.74, 6) is 0.853. The molecule has 2 amide bonds. The standard InChI is InChI=1S/C30H35ClN6O5/c1-18-35-36-29-23(17-26(39)33-15-14-32-25(38)12-13-27(40)42-30(2,3)4)34-28(19-6-8-20(31)9-7-19)22-16-21(41-5)10-11-24(22)37(18)29/h6-11,16,23H,12-15,17H2,1-5H3,(H,32,38)(H,33,39)/t23-/m0/s1. The van der Waals surface area contributed by atoms with E-state index >= 15 is 0 Å². The van der Waals surface area contributed by atoms with Crippen LogP contribution in [0.25, 0.3) is 5.69 Å². The number of nitrogens with one attached hydrogen (secondary N) is 2. The van der Waals surface area contributed by atoms with Crippen molar-refractivity contribution < 1.29 is 23.9 Å². The van der Waals surface area contributed by atoms with Gasteiger partial charge in [-0.15, -0.1) is 10.2 Å². The highest BCUT2D eigenvalue weighted by Gasteiger charge is 2.30. The van der Waals surface area contributed by atoms with Gasteiger partial charge in [-0.3, -0.25) is 23.9 Å². The number of aliphatic imine (C=N–C) groups is 1. The first-order chi connectivity index (χ1) is 19.9. The molecule has 222 valence electrons. The van der Waals surface area contributed by atoms with Crippen molar-refractivity contribution in [2.24, 2.45) is 4.99 Å². The van der Waals surface area contributed by atoms with E-state index < -0.39 is 17.6 Å². The molecular formula is C30H35ClN6O5. The van der Waals surface area contributed by atoms with E-state index in [2.05, 4.69) is 20.8 Å². The van der Waals surface area contributed by atoms with Gasteiger partial charge in [0.1, 0.15) is 23.2 Å². The summed E-state index contributed by atoms with van der Waals surface area (Å²) in [6, 6.07) is 12.4. The van der Waals surface area contributed by atoms with Gasteiger partial charge in [0.2, 0.25) is 11.8 Å². The lowest BCUT2D eigenvalue weighted by Crippen LogP contribution is -2.35. The largest absolute Gasteiger partial charge is 0.497 e. The molecule has 3 aromatic rings. The first-order valence-electron chi connectivity index (χ1n) is 13.6. The van der Waals surface area contributed by atoms with Gasteiger partial charge in [0.05, 0.1) is 31.4 Å². The van der Waals surface area contributed by atoms with Crippen molar-refractivity contribution >= 4 is 35.1 Å². The number of halogens is 1. The normalized spacial score (nSPS) is 14.1. The van der Waals surface area contributed by atoms with E-state index in [-0.39, 0.29) is 44.2 Å². The minimum absolute atomic E-state index is 0.00688. The molecule has 0 spiro atoms. The molecule has 1 atom stereocenters. The molecule has 0 fully saturated rings. The summed E-state index contributed by atoms with van der Waals surface area (Å²) in [5, 5.41) is 14.8. The second-order valence-corrected chi connectivity index (χ2v) is 11.3. The molecule has 11 nitrogen and oxygen atoms in total. The highest BCUT2D eigenvalue weighted by atomic mass is 35.5. The van der Waals surface area contributed by atoms with Gasteiger partial charge in [-0.25, -0.2) is 0 Å². The lowest BCUT2D eigenvalue weighted by Gasteiger charge is -2.19. The minimum Gasteiger partial charge on any atom is -0.497 e. The number of nitrogens with zero attached hydrogens (tertiary/aromatic N) is 4. The highest BCUT2D eigenvalue weighted by Crippen LogP contribution is 2.34. The molecule has 0 aliphatic carbocycles. The van der Waals surface area contributed by atoms with E-state index in [0.717, 1.165) is 16.8 Å². The van der Waals surface area contributed by atoms with E-state index in [1.807, 2.05) is 41.8 Å². The maximum atomic E-state index is 13.0. The van der Waals surface area contributed by atoms with Gasteiger partial charge >= 0.3 is 5.97 Å². The lowest BCUT2D eigenvalue weighted by molar-refractivity contribution is -0.155. The lowest BCUT2D eigenvalue weighted by atomic mass is 10.00. The van der Waals surface area contributed by atoms with Crippen molar-refractivity contribution in [3.8, 4) is 11.4 Å². The number of hydrogen-bond acceptors (Lipinski definition) is 8. The van der Waals surface area contributed by atoms with Crippen LogP contribution in [0, 0.1) is 6.92 Å². The first kappa shape index (κ1) is 30.7. The van der Waals surface area contributed by atoms with Gasteiger partial charge in [-0.1, -0.05) is 23.7 Å². The molecule has 0 saturated heterocycles. The Labute approximate surface area is 249 Å². The highest BCUT2D eigenvalue weighted by molar-refractivity contribution is 6.30. The number of aromatic nitrogens is 3. The third-order valence-corrected chi connectivity index (χ3v) is 6.63. The smallest absolute Gasteiger partial charge is 0.306 e. The van der Waals surface area contributed by atoms with Crippen molar-refractivity contribution in [1.82, 2.24) is 25.4 Å². The van der Waals surface area contributed by atoms with Crippen molar-refractivity contribution in [1.29, 1.82) is 0 Å². The summed E-state index contributed by atoms with van der Waals surface area (Å²) < 4.78 is 12.6. The Kier molecular flexibility index (Phi) is 9.62. The fourth-order valence-electron chi connectivity index (χ4n) is 4.52. The van der Waals surface area contributed by atoms with Gasteiger partial charge in [-0.05, 0) is 58.0 Å². The van der Waals surface area contributed by atoms with E-state index in [0.29, 0.717) is 28.1 Å². The topological polar surface area (TPSA) is 137 Å². The van der Waals surface area contributed by atoms with Gasteiger partial charge < -0.3 is 20.1 Å². The van der Waals surface area contributed by atoms with Crippen LogP contribution in [0.1, 0.15) is 68.9 Å². The summed E-state index contributed by atoms with van der Waals surface area (Å²) in [6.45, 7) is 7.58. The molecule has 0 unspecified atom stereocenters. The molecule has 2 aromatic carbocycles.